The molecule has 0 aromatic carbocycles. The Labute approximate surface area is 79.9 Å². The van der Waals surface area contributed by atoms with E-state index in [1.165, 1.54) is 6.39 Å². The predicted octanol–water partition coefficient (Wildman–Crippen LogP) is 0.433. The molecule has 1 fully saturated rings. The number of aromatic nitrogens is 2. The maximum absolute atomic E-state index is 13.3. The van der Waals surface area contributed by atoms with Crippen LogP contribution >= 0.6 is 0 Å². The van der Waals surface area contributed by atoms with Gasteiger partial charge in [-0.2, -0.15) is 0 Å². The van der Waals surface area contributed by atoms with E-state index in [1.54, 1.807) is 4.90 Å². The number of hydrogen-bond donors (Lipinski definition) is 0. The molecule has 14 heavy (non-hydrogen) atoms. The Morgan fingerprint density at radius 3 is 3.14 bits per heavy atom. The fourth-order valence-electron chi connectivity index (χ4n) is 1.56. The smallest absolute Gasteiger partial charge is 0.318 e. The van der Waals surface area contributed by atoms with Crippen molar-refractivity contribution in [2.24, 2.45) is 5.92 Å². The average Bonchev–Trinajstić information content (AvgIpc) is 2.70. The van der Waals surface area contributed by atoms with Crippen molar-refractivity contribution in [2.75, 3.05) is 18.0 Å². The SMILES string of the molecule is O=C[C@H]1CCN(c2nnco2)C[C@H]1F. The van der Waals surface area contributed by atoms with Crippen LogP contribution in [0.25, 0.3) is 0 Å². The first-order valence-corrected chi connectivity index (χ1v) is 4.41. The van der Waals surface area contributed by atoms with Crippen molar-refractivity contribution < 1.29 is 13.6 Å². The van der Waals surface area contributed by atoms with Crippen LogP contribution in [0.15, 0.2) is 10.8 Å². The first-order chi connectivity index (χ1) is 6.81. The van der Waals surface area contributed by atoms with Crippen LogP contribution in [0, 0.1) is 5.92 Å². The van der Waals surface area contributed by atoms with Gasteiger partial charge in [-0.25, -0.2) is 4.39 Å². The highest BCUT2D eigenvalue weighted by atomic mass is 19.1. The van der Waals surface area contributed by atoms with E-state index in [1.807, 2.05) is 0 Å². The van der Waals surface area contributed by atoms with Gasteiger partial charge in [0, 0.05) is 12.5 Å². The summed E-state index contributed by atoms with van der Waals surface area (Å²) in [6.45, 7) is 0.720. The van der Waals surface area contributed by atoms with Crippen molar-refractivity contribution in [1.82, 2.24) is 10.2 Å². The standard InChI is InChI=1S/C8H10FN3O2/c9-7-3-12(2-1-6(7)4-13)8-11-10-5-14-8/h4-7H,1-3H2/t6-,7-/m1/s1. The minimum absolute atomic E-state index is 0.144. The van der Waals surface area contributed by atoms with Gasteiger partial charge in [0.05, 0.1) is 6.54 Å². The second-order valence-electron chi connectivity index (χ2n) is 3.27. The normalized spacial score (nSPS) is 27.6. The van der Waals surface area contributed by atoms with Gasteiger partial charge in [0.2, 0.25) is 6.39 Å². The molecule has 0 amide bonds. The lowest BCUT2D eigenvalue weighted by Crippen LogP contribution is -2.42. The van der Waals surface area contributed by atoms with E-state index in [4.69, 9.17) is 4.42 Å². The minimum atomic E-state index is -1.15. The maximum Gasteiger partial charge on any atom is 0.318 e. The fraction of sp³-hybridized carbons (Fsp3) is 0.625. The van der Waals surface area contributed by atoms with Crippen molar-refractivity contribution >= 4 is 12.3 Å². The maximum atomic E-state index is 13.3. The Morgan fingerprint density at radius 2 is 2.57 bits per heavy atom. The molecule has 0 bridgehead atoms. The average molecular weight is 199 g/mol. The number of aldehydes is 1. The summed E-state index contributed by atoms with van der Waals surface area (Å²) in [7, 11) is 0. The molecule has 5 nitrogen and oxygen atoms in total. The first kappa shape index (κ1) is 9.11. The van der Waals surface area contributed by atoms with Crippen molar-refractivity contribution in [3.63, 3.8) is 0 Å². The van der Waals surface area contributed by atoms with Crippen molar-refractivity contribution in [1.29, 1.82) is 0 Å². The molecule has 0 N–H and O–H groups in total. The van der Waals surface area contributed by atoms with Crippen LogP contribution < -0.4 is 4.90 Å². The topological polar surface area (TPSA) is 59.2 Å². The summed E-state index contributed by atoms with van der Waals surface area (Å²) in [4.78, 5) is 12.1. The van der Waals surface area contributed by atoms with E-state index in [-0.39, 0.29) is 6.54 Å². The molecule has 1 aromatic heterocycles. The molecule has 0 saturated carbocycles. The van der Waals surface area contributed by atoms with Crippen LogP contribution in [-0.4, -0.2) is 35.7 Å². The Hall–Kier alpha value is -1.46. The van der Waals surface area contributed by atoms with Gasteiger partial charge in [-0.1, -0.05) is 5.10 Å². The molecule has 1 aliphatic heterocycles. The van der Waals surface area contributed by atoms with Crippen LogP contribution in [0.5, 0.6) is 0 Å². The lowest BCUT2D eigenvalue weighted by molar-refractivity contribution is -0.113. The van der Waals surface area contributed by atoms with E-state index >= 15 is 0 Å². The third-order valence-corrected chi connectivity index (χ3v) is 2.39. The van der Waals surface area contributed by atoms with Gasteiger partial charge in [0.25, 0.3) is 0 Å². The number of carbonyl (C=O) groups is 1. The van der Waals surface area contributed by atoms with Crippen LogP contribution in [0.3, 0.4) is 0 Å². The summed E-state index contributed by atoms with van der Waals surface area (Å²) in [5, 5.41) is 7.19. The Bertz CT molecular complexity index is 304. The Kier molecular flexibility index (Phi) is 2.43. The summed E-state index contributed by atoms with van der Waals surface area (Å²) < 4.78 is 18.3. The number of piperidine rings is 1. The molecule has 76 valence electrons. The van der Waals surface area contributed by atoms with Gasteiger partial charge in [0.15, 0.2) is 0 Å². The second kappa shape index (κ2) is 3.73. The van der Waals surface area contributed by atoms with E-state index in [2.05, 4.69) is 10.2 Å². The Balaban J connectivity index is 2.03. The van der Waals surface area contributed by atoms with Crippen LogP contribution in [0.1, 0.15) is 6.42 Å². The summed E-state index contributed by atoms with van der Waals surface area (Å²) >= 11 is 0. The van der Waals surface area contributed by atoms with Gasteiger partial charge < -0.3 is 14.1 Å². The highest BCUT2D eigenvalue weighted by Gasteiger charge is 2.30. The number of nitrogens with zero attached hydrogens (tertiary/aromatic N) is 3. The molecule has 0 unspecified atom stereocenters. The summed E-state index contributed by atoms with van der Waals surface area (Å²) in [6, 6.07) is 0.317. The van der Waals surface area contributed by atoms with Gasteiger partial charge in [-0.05, 0) is 6.42 Å². The highest BCUT2D eigenvalue weighted by Crippen LogP contribution is 2.22. The van der Waals surface area contributed by atoms with Crippen molar-refractivity contribution in [2.45, 2.75) is 12.6 Å². The second-order valence-corrected chi connectivity index (χ2v) is 3.27. The number of anilines is 1. The molecule has 2 atom stereocenters. The van der Waals surface area contributed by atoms with Gasteiger partial charge >= 0.3 is 6.01 Å². The Morgan fingerprint density at radius 1 is 1.71 bits per heavy atom. The zero-order valence-electron chi connectivity index (χ0n) is 7.47. The predicted molar refractivity (Wildman–Crippen MR) is 45.6 cm³/mol. The molecule has 1 aromatic rings. The van der Waals surface area contributed by atoms with Gasteiger partial charge in [-0.3, -0.25) is 0 Å². The third-order valence-electron chi connectivity index (χ3n) is 2.39. The molecule has 2 heterocycles. The van der Waals surface area contributed by atoms with Gasteiger partial charge in [0.1, 0.15) is 12.5 Å². The van der Waals surface area contributed by atoms with E-state index in [9.17, 15) is 9.18 Å². The molecule has 0 radical (unpaired) electrons. The molecule has 0 aliphatic carbocycles. The summed E-state index contributed by atoms with van der Waals surface area (Å²) in [5.74, 6) is -0.492. The van der Waals surface area contributed by atoms with E-state index in [0.717, 1.165) is 0 Å². The third kappa shape index (κ3) is 1.59. The highest BCUT2D eigenvalue weighted by molar-refractivity contribution is 5.55. The van der Waals surface area contributed by atoms with E-state index < -0.39 is 12.1 Å². The lowest BCUT2D eigenvalue weighted by atomic mass is 9.97. The summed E-state index contributed by atoms with van der Waals surface area (Å²) in [5.41, 5.74) is 0. The van der Waals surface area contributed by atoms with Crippen molar-refractivity contribution in [3.8, 4) is 0 Å². The molecule has 1 saturated heterocycles. The van der Waals surface area contributed by atoms with E-state index in [0.29, 0.717) is 25.3 Å². The van der Waals surface area contributed by atoms with Crippen LogP contribution in [-0.2, 0) is 4.79 Å². The molecule has 1 aliphatic rings. The number of halogens is 1. The number of alkyl halides is 1. The monoisotopic (exact) mass is 199 g/mol. The van der Waals surface area contributed by atoms with Crippen molar-refractivity contribution in [3.05, 3.63) is 6.39 Å². The number of carbonyl (C=O) groups excluding carboxylic acids is 1. The molecular weight excluding hydrogens is 189 g/mol. The lowest BCUT2D eigenvalue weighted by Gasteiger charge is -2.30. The molecular formula is C8H10FN3O2. The quantitative estimate of drug-likeness (QED) is 0.646. The zero-order valence-corrected chi connectivity index (χ0v) is 7.47. The zero-order chi connectivity index (χ0) is 9.97. The molecule has 2 rings (SSSR count). The summed E-state index contributed by atoms with van der Waals surface area (Å²) in [6.07, 6.45) is 1.23. The number of rotatable bonds is 2. The largest absolute Gasteiger partial charge is 0.411 e. The molecule has 6 heteroatoms. The van der Waals surface area contributed by atoms with Crippen LogP contribution in [0.2, 0.25) is 0 Å². The number of hydrogen-bond acceptors (Lipinski definition) is 5. The fourth-order valence-corrected chi connectivity index (χ4v) is 1.56. The minimum Gasteiger partial charge on any atom is -0.411 e. The molecule has 0 spiro atoms. The first-order valence-electron chi connectivity index (χ1n) is 4.41. The van der Waals surface area contributed by atoms with Crippen LogP contribution in [0.4, 0.5) is 10.4 Å². The van der Waals surface area contributed by atoms with Gasteiger partial charge in [-0.15, -0.1) is 5.10 Å².